The highest BCUT2D eigenvalue weighted by molar-refractivity contribution is 6.35. The van der Waals surface area contributed by atoms with Crippen LogP contribution in [0.5, 0.6) is 11.5 Å². The van der Waals surface area contributed by atoms with Gasteiger partial charge in [-0.15, -0.1) is 0 Å². The molecule has 0 fully saturated rings. The van der Waals surface area contributed by atoms with Gasteiger partial charge in [-0.3, -0.25) is 10.1 Å². The van der Waals surface area contributed by atoms with Crippen molar-refractivity contribution in [1.82, 2.24) is 10.3 Å². The molecule has 1 aliphatic rings. The average molecular weight is 555 g/mol. The van der Waals surface area contributed by atoms with Gasteiger partial charge in [0.25, 0.3) is 0 Å². The number of methoxy groups -OCH3 is 1. The monoisotopic (exact) mass is 554 g/mol. The van der Waals surface area contributed by atoms with Crippen LogP contribution in [0.2, 0.25) is 10.0 Å². The van der Waals surface area contributed by atoms with Crippen molar-refractivity contribution in [3.8, 4) is 11.5 Å². The van der Waals surface area contributed by atoms with Gasteiger partial charge in [0, 0.05) is 33.6 Å². The van der Waals surface area contributed by atoms with Gasteiger partial charge in [-0.05, 0) is 47.5 Å². The molecule has 1 aliphatic heterocycles. The van der Waals surface area contributed by atoms with E-state index < -0.39 is 24.0 Å². The van der Waals surface area contributed by atoms with E-state index in [2.05, 4.69) is 10.3 Å². The third-order valence-corrected chi connectivity index (χ3v) is 7.01. The van der Waals surface area contributed by atoms with E-state index in [1.54, 1.807) is 18.2 Å². The van der Waals surface area contributed by atoms with E-state index in [0.29, 0.717) is 28.5 Å². The maximum absolute atomic E-state index is 12.4. The van der Waals surface area contributed by atoms with E-state index in [1.807, 2.05) is 36.4 Å². The summed E-state index contributed by atoms with van der Waals surface area (Å²) < 4.78 is 16.4. The molecule has 2 atom stereocenters. The Morgan fingerprint density at radius 1 is 1.05 bits per heavy atom. The molecule has 4 aromatic rings. The standard InChI is InChI=1S/C28H24Cl2N2O6/c1-36-23-8-6-15(10-16(23)13-38-25(33)14-37-24-9-7-17(29)11-20(24)30)26-27-19(12-22(32-26)28(34)35)18-4-2-3-5-21(18)31-27/h2-11,22,26,31-32H,12-14H2,1H3,(H,34,35)/t22-,26+/m1/s1. The Bertz CT molecular complexity index is 1520. The first-order chi connectivity index (χ1) is 18.3. The molecule has 0 saturated heterocycles. The molecular formula is C28H24Cl2N2O6. The number of hydrogen-bond donors (Lipinski definition) is 3. The first kappa shape index (κ1) is 25.9. The van der Waals surface area contributed by atoms with Crippen LogP contribution in [0.25, 0.3) is 10.9 Å². The number of ether oxygens (including phenoxy) is 3. The normalized spacial score (nSPS) is 16.6. The van der Waals surface area contributed by atoms with Crippen LogP contribution >= 0.6 is 23.2 Å². The second-order valence-electron chi connectivity index (χ2n) is 8.85. The fourth-order valence-corrected chi connectivity index (χ4v) is 5.14. The highest BCUT2D eigenvalue weighted by Crippen LogP contribution is 2.36. The third kappa shape index (κ3) is 5.29. The summed E-state index contributed by atoms with van der Waals surface area (Å²) in [6.45, 7) is -0.408. The number of nitrogens with one attached hydrogen (secondary N) is 2. The average Bonchev–Trinajstić information content (AvgIpc) is 3.29. The van der Waals surface area contributed by atoms with E-state index in [1.165, 1.54) is 13.2 Å². The van der Waals surface area contributed by atoms with Gasteiger partial charge in [0.15, 0.2) is 6.61 Å². The van der Waals surface area contributed by atoms with Crippen LogP contribution < -0.4 is 14.8 Å². The molecule has 3 aromatic carbocycles. The fraction of sp³-hybridized carbons (Fsp3) is 0.214. The lowest BCUT2D eigenvalue weighted by Crippen LogP contribution is -2.45. The lowest BCUT2D eigenvalue weighted by molar-refractivity contribution is -0.147. The van der Waals surface area contributed by atoms with Crippen molar-refractivity contribution in [2.45, 2.75) is 25.1 Å². The molecule has 1 aromatic heterocycles. The minimum atomic E-state index is -0.922. The number of rotatable bonds is 8. The summed E-state index contributed by atoms with van der Waals surface area (Å²) in [5.41, 5.74) is 4.25. The van der Waals surface area contributed by atoms with Gasteiger partial charge >= 0.3 is 11.9 Å². The number of aromatic nitrogens is 1. The Morgan fingerprint density at radius 2 is 1.84 bits per heavy atom. The van der Waals surface area contributed by atoms with Crippen molar-refractivity contribution < 1.29 is 28.9 Å². The molecule has 0 unspecified atom stereocenters. The van der Waals surface area contributed by atoms with E-state index >= 15 is 0 Å². The minimum absolute atomic E-state index is 0.0673. The number of benzene rings is 3. The zero-order valence-corrected chi connectivity index (χ0v) is 21.8. The number of fused-ring (bicyclic) bond motifs is 3. The van der Waals surface area contributed by atoms with Crippen LogP contribution in [-0.2, 0) is 27.4 Å². The second kappa shape index (κ2) is 10.9. The van der Waals surface area contributed by atoms with Crippen molar-refractivity contribution in [3.05, 3.63) is 93.1 Å². The number of carbonyl (C=O) groups is 2. The van der Waals surface area contributed by atoms with Crippen LogP contribution in [-0.4, -0.2) is 41.8 Å². The lowest BCUT2D eigenvalue weighted by atomic mass is 9.89. The van der Waals surface area contributed by atoms with Gasteiger partial charge in [0.05, 0.1) is 18.2 Å². The number of para-hydroxylation sites is 1. The number of H-pyrrole nitrogens is 1. The molecule has 0 radical (unpaired) electrons. The van der Waals surface area contributed by atoms with E-state index in [-0.39, 0.29) is 18.2 Å². The predicted octanol–water partition coefficient (Wildman–Crippen LogP) is 5.29. The van der Waals surface area contributed by atoms with Crippen LogP contribution in [0.3, 0.4) is 0 Å². The minimum Gasteiger partial charge on any atom is -0.496 e. The molecule has 196 valence electrons. The zero-order chi connectivity index (χ0) is 26.8. The van der Waals surface area contributed by atoms with Crippen molar-refractivity contribution in [1.29, 1.82) is 0 Å². The van der Waals surface area contributed by atoms with Gasteiger partial charge in [0.1, 0.15) is 24.1 Å². The largest absolute Gasteiger partial charge is 0.496 e. The number of hydrogen-bond acceptors (Lipinski definition) is 6. The highest BCUT2D eigenvalue weighted by Gasteiger charge is 2.34. The summed E-state index contributed by atoms with van der Waals surface area (Å²) in [4.78, 5) is 27.8. The highest BCUT2D eigenvalue weighted by atomic mass is 35.5. The fourth-order valence-electron chi connectivity index (χ4n) is 4.68. The molecule has 38 heavy (non-hydrogen) atoms. The Kier molecular flexibility index (Phi) is 7.46. The summed E-state index contributed by atoms with van der Waals surface area (Å²) in [6, 6.07) is 16.9. The van der Waals surface area contributed by atoms with Crippen molar-refractivity contribution in [2.75, 3.05) is 13.7 Å². The molecule has 0 bridgehead atoms. The number of aromatic amines is 1. The molecular weight excluding hydrogens is 531 g/mol. The van der Waals surface area contributed by atoms with Crippen LogP contribution in [0.15, 0.2) is 60.7 Å². The Labute approximate surface area is 228 Å². The van der Waals surface area contributed by atoms with Crippen molar-refractivity contribution in [2.24, 2.45) is 0 Å². The van der Waals surface area contributed by atoms with E-state index in [0.717, 1.165) is 27.7 Å². The van der Waals surface area contributed by atoms with Gasteiger partial charge < -0.3 is 24.3 Å². The summed E-state index contributed by atoms with van der Waals surface area (Å²) in [6.07, 6.45) is 0.365. The predicted molar refractivity (Wildman–Crippen MR) is 143 cm³/mol. The number of carboxylic acids is 1. The van der Waals surface area contributed by atoms with Crippen LogP contribution in [0.4, 0.5) is 0 Å². The number of aliphatic carboxylic acids is 1. The molecule has 5 rings (SSSR count). The quantitative estimate of drug-likeness (QED) is 0.254. The molecule has 8 nitrogen and oxygen atoms in total. The Morgan fingerprint density at radius 3 is 2.61 bits per heavy atom. The van der Waals surface area contributed by atoms with Gasteiger partial charge in [-0.1, -0.05) is 47.5 Å². The lowest BCUT2D eigenvalue weighted by Gasteiger charge is -2.30. The summed E-state index contributed by atoms with van der Waals surface area (Å²) in [5, 5.41) is 14.8. The second-order valence-corrected chi connectivity index (χ2v) is 9.70. The number of esters is 1. The molecule has 0 aliphatic carbocycles. The maximum atomic E-state index is 12.4. The molecule has 3 N–H and O–H groups in total. The van der Waals surface area contributed by atoms with E-state index in [4.69, 9.17) is 37.4 Å². The Balaban J connectivity index is 1.37. The summed E-state index contributed by atoms with van der Waals surface area (Å²) >= 11 is 12.0. The zero-order valence-electron chi connectivity index (χ0n) is 20.3. The van der Waals surface area contributed by atoms with Gasteiger partial charge in [-0.2, -0.15) is 0 Å². The molecule has 10 heteroatoms. The molecule has 2 heterocycles. The van der Waals surface area contributed by atoms with Crippen molar-refractivity contribution >= 4 is 46.0 Å². The third-order valence-electron chi connectivity index (χ3n) is 6.48. The summed E-state index contributed by atoms with van der Waals surface area (Å²) in [5.74, 6) is -0.665. The number of carbonyl (C=O) groups excluding carboxylic acids is 1. The van der Waals surface area contributed by atoms with Crippen LogP contribution in [0.1, 0.15) is 28.4 Å². The van der Waals surface area contributed by atoms with Gasteiger partial charge in [-0.25, -0.2) is 4.79 Å². The van der Waals surface area contributed by atoms with E-state index in [9.17, 15) is 14.7 Å². The van der Waals surface area contributed by atoms with Crippen molar-refractivity contribution in [3.63, 3.8) is 0 Å². The topological polar surface area (TPSA) is 110 Å². The number of halogens is 2. The maximum Gasteiger partial charge on any atom is 0.344 e. The number of carboxylic acid groups (broad SMARTS) is 1. The Hall–Kier alpha value is -3.72. The van der Waals surface area contributed by atoms with Crippen LogP contribution in [0, 0.1) is 0 Å². The summed E-state index contributed by atoms with van der Waals surface area (Å²) in [7, 11) is 1.53. The molecule has 0 saturated carbocycles. The molecule has 0 spiro atoms. The molecule has 0 amide bonds. The first-order valence-electron chi connectivity index (χ1n) is 11.8. The smallest absolute Gasteiger partial charge is 0.344 e. The van der Waals surface area contributed by atoms with Gasteiger partial charge in [0.2, 0.25) is 0 Å². The first-order valence-corrected chi connectivity index (χ1v) is 12.6. The SMILES string of the molecule is COc1ccc([C@@H]2N[C@@H](C(=O)O)Cc3c2[nH]c2ccccc32)cc1COC(=O)COc1ccc(Cl)cc1Cl.